The summed E-state index contributed by atoms with van der Waals surface area (Å²) in [4.78, 5) is 0. The second kappa shape index (κ2) is 7.22. The Labute approximate surface area is 120 Å². The van der Waals surface area contributed by atoms with Crippen LogP contribution < -0.4 is 10.1 Å². The third-order valence-corrected chi connectivity index (χ3v) is 3.65. The molecule has 0 heterocycles. The van der Waals surface area contributed by atoms with Crippen molar-refractivity contribution in [3.05, 3.63) is 27.7 Å². The van der Waals surface area contributed by atoms with Crippen molar-refractivity contribution in [1.82, 2.24) is 5.32 Å². The first-order valence-corrected chi connectivity index (χ1v) is 6.95. The summed E-state index contributed by atoms with van der Waals surface area (Å²) in [5, 5.41) is 4.59. The highest BCUT2D eigenvalue weighted by molar-refractivity contribution is 6.34. The summed E-state index contributed by atoms with van der Waals surface area (Å²) in [5.74, 6) is 1.29. The van der Waals surface area contributed by atoms with E-state index in [9.17, 15) is 0 Å². The van der Waals surface area contributed by atoms with Crippen LogP contribution >= 0.6 is 23.2 Å². The van der Waals surface area contributed by atoms with E-state index in [0.717, 1.165) is 18.4 Å². The molecule has 0 spiro atoms. The van der Waals surface area contributed by atoms with E-state index in [4.69, 9.17) is 27.9 Å². The molecule has 1 rings (SSSR count). The van der Waals surface area contributed by atoms with Gasteiger partial charge in [0.15, 0.2) is 0 Å². The van der Waals surface area contributed by atoms with Crippen molar-refractivity contribution >= 4 is 23.2 Å². The van der Waals surface area contributed by atoms with Crippen molar-refractivity contribution in [3.8, 4) is 5.75 Å². The molecule has 0 saturated carbocycles. The Hall–Kier alpha value is -0.440. The molecule has 1 unspecified atom stereocenters. The van der Waals surface area contributed by atoms with Gasteiger partial charge in [-0.25, -0.2) is 0 Å². The van der Waals surface area contributed by atoms with Crippen molar-refractivity contribution in [2.24, 2.45) is 5.92 Å². The van der Waals surface area contributed by atoms with E-state index < -0.39 is 0 Å². The van der Waals surface area contributed by atoms with E-state index in [-0.39, 0.29) is 6.04 Å². The molecular formula is C14H21Cl2NO. The Morgan fingerprint density at radius 3 is 2.33 bits per heavy atom. The number of halogens is 2. The van der Waals surface area contributed by atoms with Gasteiger partial charge in [0.05, 0.1) is 12.1 Å². The van der Waals surface area contributed by atoms with E-state index in [1.54, 1.807) is 13.2 Å². The molecule has 0 aliphatic heterocycles. The highest BCUT2D eigenvalue weighted by atomic mass is 35.5. The standard InChI is InChI=1S/C14H21Cl2NO/c1-9(2)5-6-13(17-3)10-7-12(16)14(18-4)8-11(10)15/h7-9,13,17H,5-6H2,1-4H3. The highest BCUT2D eigenvalue weighted by Gasteiger charge is 2.16. The first-order valence-electron chi connectivity index (χ1n) is 6.19. The minimum atomic E-state index is 0.225. The maximum Gasteiger partial charge on any atom is 0.138 e. The predicted molar refractivity (Wildman–Crippen MR) is 78.9 cm³/mol. The van der Waals surface area contributed by atoms with Crippen LogP contribution in [0.4, 0.5) is 0 Å². The molecule has 0 radical (unpaired) electrons. The molecule has 0 aliphatic carbocycles. The van der Waals surface area contributed by atoms with Crippen LogP contribution in [0, 0.1) is 5.92 Å². The SMILES string of the molecule is CNC(CCC(C)C)c1cc(Cl)c(OC)cc1Cl. The number of benzene rings is 1. The largest absolute Gasteiger partial charge is 0.495 e. The van der Waals surface area contributed by atoms with Crippen LogP contribution in [0.15, 0.2) is 12.1 Å². The maximum absolute atomic E-state index is 6.29. The minimum absolute atomic E-state index is 0.225. The number of methoxy groups -OCH3 is 1. The van der Waals surface area contributed by atoms with Crippen LogP contribution in [-0.2, 0) is 0 Å². The van der Waals surface area contributed by atoms with Crippen molar-refractivity contribution in [2.75, 3.05) is 14.2 Å². The molecule has 0 saturated heterocycles. The van der Waals surface area contributed by atoms with Crippen LogP contribution in [0.2, 0.25) is 10.0 Å². The molecule has 0 aliphatic rings. The normalized spacial score (nSPS) is 12.8. The number of hydrogen-bond acceptors (Lipinski definition) is 2. The van der Waals surface area contributed by atoms with Crippen molar-refractivity contribution in [1.29, 1.82) is 0 Å². The van der Waals surface area contributed by atoms with E-state index in [1.165, 1.54) is 0 Å². The summed E-state index contributed by atoms with van der Waals surface area (Å²) >= 11 is 12.4. The zero-order chi connectivity index (χ0) is 13.7. The zero-order valence-electron chi connectivity index (χ0n) is 11.4. The lowest BCUT2D eigenvalue weighted by Gasteiger charge is -2.20. The van der Waals surface area contributed by atoms with Crippen LogP contribution in [0.3, 0.4) is 0 Å². The Morgan fingerprint density at radius 1 is 1.17 bits per heavy atom. The minimum Gasteiger partial charge on any atom is -0.495 e. The number of nitrogens with one attached hydrogen (secondary N) is 1. The summed E-state index contributed by atoms with van der Waals surface area (Å²) in [6, 6.07) is 3.90. The molecule has 0 aromatic heterocycles. The van der Waals surface area contributed by atoms with Crippen LogP contribution in [0.5, 0.6) is 5.75 Å². The summed E-state index contributed by atoms with van der Waals surface area (Å²) in [6.07, 6.45) is 2.18. The number of ether oxygens (including phenoxy) is 1. The lowest BCUT2D eigenvalue weighted by atomic mass is 9.97. The average molecular weight is 290 g/mol. The molecule has 1 aromatic carbocycles. The molecule has 0 bridgehead atoms. The smallest absolute Gasteiger partial charge is 0.138 e. The van der Waals surface area contributed by atoms with Crippen molar-refractivity contribution < 1.29 is 4.74 Å². The van der Waals surface area contributed by atoms with E-state index in [2.05, 4.69) is 19.2 Å². The first-order chi connectivity index (χ1) is 8.49. The predicted octanol–water partition coefficient (Wildman–Crippen LogP) is 4.70. The molecule has 1 atom stereocenters. The molecule has 2 nitrogen and oxygen atoms in total. The zero-order valence-corrected chi connectivity index (χ0v) is 12.9. The monoisotopic (exact) mass is 289 g/mol. The van der Waals surface area contributed by atoms with Gasteiger partial charge < -0.3 is 10.1 Å². The summed E-state index contributed by atoms with van der Waals surface area (Å²) in [6.45, 7) is 4.44. The fourth-order valence-corrected chi connectivity index (χ4v) is 2.46. The highest BCUT2D eigenvalue weighted by Crippen LogP contribution is 2.35. The Balaban J connectivity index is 2.95. The maximum atomic E-state index is 6.29. The molecule has 102 valence electrons. The van der Waals surface area contributed by atoms with Gasteiger partial charge in [-0.15, -0.1) is 0 Å². The van der Waals surface area contributed by atoms with Gasteiger partial charge in [0.1, 0.15) is 5.75 Å². The van der Waals surface area contributed by atoms with Crippen LogP contribution in [0.25, 0.3) is 0 Å². The Morgan fingerprint density at radius 2 is 1.83 bits per heavy atom. The molecule has 18 heavy (non-hydrogen) atoms. The average Bonchev–Trinajstić information content (AvgIpc) is 2.33. The lowest BCUT2D eigenvalue weighted by molar-refractivity contribution is 0.414. The van der Waals surface area contributed by atoms with Gasteiger partial charge in [-0.05, 0) is 37.4 Å². The number of hydrogen-bond donors (Lipinski definition) is 1. The van der Waals surface area contributed by atoms with Gasteiger partial charge in [-0.3, -0.25) is 0 Å². The third kappa shape index (κ3) is 4.04. The van der Waals surface area contributed by atoms with Gasteiger partial charge >= 0.3 is 0 Å². The fourth-order valence-electron chi connectivity index (χ4n) is 1.92. The molecule has 4 heteroatoms. The quantitative estimate of drug-likeness (QED) is 0.820. The molecule has 1 aromatic rings. The second-order valence-corrected chi connectivity index (χ2v) is 5.64. The van der Waals surface area contributed by atoms with E-state index >= 15 is 0 Å². The number of rotatable bonds is 6. The molecular weight excluding hydrogens is 269 g/mol. The lowest BCUT2D eigenvalue weighted by Crippen LogP contribution is -2.17. The van der Waals surface area contributed by atoms with E-state index in [1.807, 2.05) is 13.1 Å². The van der Waals surface area contributed by atoms with Gasteiger partial charge in [0.25, 0.3) is 0 Å². The van der Waals surface area contributed by atoms with Crippen LogP contribution in [0.1, 0.15) is 38.3 Å². The molecule has 0 amide bonds. The Kier molecular flexibility index (Phi) is 6.27. The molecule has 0 fully saturated rings. The first kappa shape index (κ1) is 15.6. The molecule has 1 N–H and O–H groups in total. The fraction of sp³-hybridized carbons (Fsp3) is 0.571. The van der Waals surface area contributed by atoms with Crippen LogP contribution in [-0.4, -0.2) is 14.2 Å². The van der Waals surface area contributed by atoms with Gasteiger partial charge in [0.2, 0.25) is 0 Å². The van der Waals surface area contributed by atoms with Gasteiger partial charge in [-0.1, -0.05) is 37.0 Å². The van der Waals surface area contributed by atoms with E-state index in [0.29, 0.717) is 21.7 Å². The van der Waals surface area contributed by atoms with Crippen molar-refractivity contribution in [2.45, 2.75) is 32.7 Å². The second-order valence-electron chi connectivity index (χ2n) is 4.82. The Bertz CT molecular complexity index is 394. The third-order valence-electron chi connectivity index (χ3n) is 3.03. The summed E-state index contributed by atoms with van der Waals surface area (Å²) < 4.78 is 5.16. The topological polar surface area (TPSA) is 21.3 Å². The summed E-state index contributed by atoms with van der Waals surface area (Å²) in [5.41, 5.74) is 1.03. The van der Waals surface area contributed by atoms with Gasteiger partial charge in [-0.2, -0.15) is 0 Å². The van der Waals surface area contributed by atoms with Gasteiger partial charge in [0, 0.05) is 17.1 Å². The summed E-state index contributed by atoms with van der Waals surface area (Å²) in [7, 11) is 3.53. The van der Waals surface area contributed by atoms with Crippen molar-refractivity contribution in [3.63, 3.8) is 0 Å².